The summed E-state index contributed by atoms with van der Waals surface area (Å²) in [6.07, 6.45) is 5.29. The minimum Gasteiger partial charge on any atom is -0.505 e. The molecule has 0 bridgehead atoms. The lowest BCUT2D eigenvalue weighted by Gasteiger charge is -2.14. The molecule has 0 amide bonds. The minimum absolute atomic E-state index is 0.00604. The van der Waals surface area contributed by atoms with Gasteiger partial charge in [-0.25, -0.2) is 4.39 Å². The van der Waals surface area contributed by atoms with Crippen molar-refractivity contribution >= 4 is 33.5 Å². The Kier molecular flexibility index (Phi) is 3.80. The van der Waals surface area contributed by atoms with Crippen molar-refractivity contribution < 1.29 is 15.6 Å². The van der Waals surface area contributed by atoms with Gasteiger partial charge in [0.1, 0.15) is 16.3 Å². The smallest absolute Gasteiger partial charge is 0.265 e. The molecule has 1 aromatic carbocycles. The molecule has 0 spiro atoms. The number of pyridine rings is 1. The Balaban J connectivity index is 2.48. The topological polar surface area (TPSA) is 77.2 Å². The zero-order valence-corrected chi connectivity index (χ0v) is 13.5. The second kappa shape index (κ2) is 6.11. The summed E-state index contributed by atoms with van der Waals surface area (Å²) < 4.78 is 31.7. The highest BCUT2D eigenvalue weighted by atomic mass is 35.5. The second-order valence-corrected chi connectivity index (χ2v) is 5.78. The molecule has 3 aromatic rings. The fourth-order valence-corrected chi connectivity index (χ4v) is 3.16. The lowest BCUT2D eigenvalue weighted by molar-refractivity contribution is 0.412. The monoisotopic (exact) mass is 366 g/mol. The molecule has 2 heterocycles. The number of aromatic nitrogens is 3. The van der Waals surface area contributed by atoms with E-state index in [4.69, 9.17) is 24.1 Å². The molecule has 122 valence electrons. The summed E-state index contributed by atoms with van der Waals surface area (Å²) in [4.78, 5) is 12.8. The van der Waals surface area contributed by atoms with E-state index < -0.39 is 24.2 Å². The lowest BCUT2D eigenvalue weighted by atomic mass is 10.0. The van der Waals surface area contributed by atoms with Crippen molar-refractivity contribution in [3.8, 4) is 35.0 Å². The molecule has 3 rings (SSSR count). The number of halogens is 2. The van der Waals surface area contributed by atoms with Gasteiger partial charge in [0, 0.05) is 0 Å². The fourth-order valence-electron chi connectivity index (χ4n) is 2.33. The Morgan fingerprint density at radius 3 is 3.08 bits per heavy atom. The van der Waals surface area contributed by atoms with Crippen LogP contribution in [-0.4, -0.2) is 26.3 Å². The Labute approximate surface area is 145 Å². The number of hydrogen-bond donors (Lipinski definition) is 1. The van der Waals surface area contributed by atoms with Gasteiger partial charge in [-0.3, -0.25) is 9.36 Å². The van der Waals surface area contributed by atoms with Crippen molar-refractivity contribution in [1.29, 1.82) is 0 Å². The van der Waals surface area contributed by atoms with Crippen LogP contribution >= 0.6 is 23.1 Å². The summed E-state index contributed by atoms with van der Waals surface area (Å²) >= 11 is 6.84. The van der Waals surface area contributed by atoms with Crippen molar-refractivity contribution in [2.45, 2.75) is 6.54 Å². The number of aromatic hydroxyl groups is 1. The largest absolute Gasteiger partial charge is 0.505 e. The van der Waals surface area contributed by atoms with E-state index in [1.54, 1.807) is 0 Å². The Morgan fingerprint density at radius 1 is 1.58 bits per heavy atom. The minimum atomic E-state index is -0.843. The number of hydrogen-bond acceptors (Lipinski definition) is 6. The molecule has 9 heteroatoms. The summed E-state index contributed by atoms with van der Waals surface area (Å²) in [6.45, 7) is -0.148. The van der Waals surface area contributed by atoms with Gasteiger partial charge in [0.2, 0.25) is 0 Å². The third kappa shape index (κ3) is 2.29. The van der Waals surface area contributed by atoms with Gasteiger partial charge in [-0.05, 0) is 23.7 Å². The van der Waals surface area contributed by atoms with Crippen LogP contribution in [0, 0.1) is 18.2 Å². The molecule has 0 saturated heterocycles. The van der Waals surface area contributed by atoms with Crippen LogP contribution < -0.4 is 10.3 Å². The van der Waals surface area contributed by atoms with Gasteiger partial charge in [-0.1, -0.05) is 22.0 Å². The number of rotatable bonds is 3. The predicted molar refractivity (Wildman–Crippen MR) is 89.1 cm³/mol. The van der Waals surface area contributed by atoms with E-state index in [1.165, 1.54) is 6.07 Å². The molecule has 6 nitrogen and oxygen atoms in total. The molecule has 0 aliphatic heterocycles. The molecular formula is C15H9ClFN3O3S. The Morgan fingerprint density at radius 2 is 2.38 bits per heavy atom. The SMILES string of the molecule is [2H]COc1c(Cl)ccc(F)c1-c1c(O)c2snnc2n(CC#C)c1=O. The molecular weight excluding hydrogens is 357 g/mol. The lowest BCUT2D eigenvalue weighted by Crippen LogP contribution is -2.22. The molecule has 2 aromatic heterocycles. The predicted octanol–water partition coefficient (Wildman–Crippen LogP) is 2.66. The average molecular weight is 367 g/mol. The molecule has 0 fully saturated rings. The summed E-state index contributed by atoms with van der Waals surface area (Å²) in [6, 6.07) is 2.27. The first-order valence-electron chi connectivity index (χ1n) is 7.13. The molecule has 24 heavy (non-hydrogen) atoms. The summed E-state index contributed by atoms with van der Waals surface area (Å²) in [7, 11) is -0.556. The van der Waals surface area contributed by atoms with Gasteiger partial charge in [-0.2, -0.15) is 0 Å². The van der Waals surface area contributed by atoms with E-state index in [1.807, 2.05) is 0 Å². The molecule has 0 aliphatic rings. The second-order valence-electron chi connectivity index (χ2n) is 4.62. The molecule has 0 radical (unpaired) electrons. The van der Waals surface area contributed by atoms with Crippen molar-refractivity contribution in [3.05, 3.63) is 33.3 Å². The highest BCUT2D eigenvalue weighted by Crippen LogP contribution is 2.42. The molecule has 1 N–H and O–H groups in total. The van der Waals surface area contributed by atoms with Gasteiger partial charge in [0.25, 0.3) is 5.56 Å². The van der Waals surface area contributed by atoms with Crippen LogP contribution in [-0.2, 0) is 6.54 Å². The summed E-state index contributed by atoms with van der Waals surface area (Å²) in [5.74, 6) is 0.749. The first-order valence-corrected chi connectivity index (χ1v) is 7.58. The van der Waals surface area contributed by atoms with Crippen molar-refractivity contribution in [2.24, 2.45) is 0 Å². The van der Waals surface area contributed by atoms with Crippen LogP contribution in [0.3, 0.4) is 0 Å². The van der Waals surface area contributed by atoms with E-state index in [0.29, 0.717) is 0 Å². The fraction of sp³-hybridized carbons (Fsp3) is 0.133. The van der Waals surface area contributed by atoms with Crippen molar-refractivity contribution in [3.63, 3.8) is 0 Å². The maximum absolute atomic E-state index is 14.5. The van der Waals surface area contributed by atoms with Crippen LogP contribution in [0.15, 0.2) is 16.9 Å². The Bertz CT molecular complexity index is 1080. The Hall–Kier alpha value is -2.63. The van der Waals surface area contributed by atoms with E-state index in [-0.39, 0.29) is 38.8 Å². The third-order valence-corrected chi connectivity index (χ3v) is 4.36. The van der Waals surface area contributed by atoms with Gasteiger partial charge in [-0.15, -0.1) is 11.5 Å². The van der Waals surface area contributed by atoms with Crippen LogP contribution in [0.2, 0.25) is 5.02 Å². The van der Waals surface area contributed by atoms with Gasteiger partial charge in [0.15, 0.2) is 11.4 Å². The zero-order valence-electron chi connectivity index (χ0n) is 12.9. The van der Waals surface area contributed by atoms with Crippen LogP contribution in [0.25, 0.3) is 21.5 Å². The van der Waals surface area contributed by atoms with Gasteiger partial charge in [0.05, 0.1) is 31.2 Å². The van der Waals surface area contributed by atoms with E-state index >= 15 is 0 Å². The highest BCUT2D eigenvalue weighted by molar-refractivity contribution is 7.13. The van der Waals surface area contributed by atoms with Gasteiger partial charge >= 0.3 is 0 Å². The summed E-state index contributed by atoms with van der Waals surface area (Å²) in [5.41, 5.74) is -1.40. The van der Waals surface area contributed by atoms with E-state index in [9.17, 15) is 14.3 Å². The standard InChI is InChI=1S/C15H9ClFN3O3S/c1-3-6-20-14-13(24-19-18-14)11(21)10(15(20)22)9-8(17)5-4-7(16)12(9)23-2/h1,4-5,21H,6H2,2H3/i2D. The van der Waals surface area contributed by atoms with Crippen molar-refractivity contribution in [1.82, 2.24) is 14.2 Å². The van der Waals surface area contributed by atoms with Crippen LogP contribution in [0.5, 0.6) is 11.5 Å². The van der Waals surface area contributed by atoms with Crippen LogP contribution in [0.4, 0.5) is 4.39 Å². The normalized spacial score (nSPS) is 11.3. The number of benzene rings is 1. The molecule has 0 saturated carbocycles. The summed E-state index contributed by atoms with van der Waals surface area (Å²) in [5, 5.41) is 14.3. The zero-order chi connectivity index (χ0) is 18.1. The first kappa shape index (κ1) is 14.9. The number of ether oxygens (including phenoxy) is 1. The van der Waals surface area contributed by atoms with E-state index in [0.717, 1.165) is 22.2 Å². The first-order chi connectivity index (χ1) is 12.0. The maximum atomic E-state index is 14.5. The third-order valence-electron chi connectivity index (χ3n) is 3.34. The maximum Gasteiger partial charge on any atom is 0.265 e. The number of terminal acetylenes is 1. The molecule has 0 aliphatic carbocycles. The number of nitrogens with zero attached hydrogens (tertiary/aromatic N) is 3. The average Bonchev–Trinajstić information content (AvgIpc) is 3.07. The molecule has 0 atom stereocenters. The highest BCUT2D eigenvalue weighted by Gasteiger charge is 2.26. The quantitative estimate of drug-likeness (QED) is 0.721. The molecule has 0 unspecified atom stereocenters. The van der Waals surface area contributed by atoms with E-state index in [2.05, 4.69) is 15.5 Å². The number of fused-ring (bicyclic) bond motifs is 1. The van der Waals surface area contributed by atoms with Crippen LogP contribution in [0.1, 0.15) is 1.37 Å². The van der Waals surface area contributed by atoms with Crippen molar-refractivity contribution in [2.75, 3.05) is 7.09 Å². The van der Waals surface area contributed by atoms with Gasteiger partial charge < -0.3 is 9.84 Å². The number of methoxy groups -OCH3 is 1.